The predicted octanol–water partition coefficient (Wildman–Crippen LogP) is 1.26. The van der Waals surface area contributed by atoms with Crippen LogP contribution in [0.15, 0.2) is 0 Å². The molecule has 7 nitrogen and oxygen atoms in total. The molecule has 142 valence electrons. The third kappa shape index (κ3) is 2.82. The molecule has 3 aliphatic heterocycles. The Bertz CT molecular complexity index is 713. The van der Waals surface area contributed by atoms with E-state index in [1.165, 1.54) is 0 Å². The number of carbonyl (C=O) groups is 2. The Balaban J connectivity index is 1.51. The highest BCUT2D eigenvalue weighted by molar-refractivity contribution is 5.95. The topological polar surface area (TPSA) is 72.5 Å². The lowest BCUT2D eigenvalue weighted by Crippen LogP contribution is -2.50. The van der Waals surface area contributed by atoms with Gasteiger partial charge in [0.15, 0.2) is 5.69 Å². The lowest BCUT2D eigenvalue weighted by atomic mass is 9.78. The molecule has 1 aromatic rings. The van der Waals surface area contributed by atoms with Gasteiger partial charge in [-0.15, -0.1) is 0 Å². The van der Waals surface area contributed by atoms with Crippen molar-refractivity contribution < 1.29 is 9.59 Å². The van der Waals surface area contributed by atoms with Crippen LogP contribution in [-0.2, 0) is 17.8 Å². The van der Waals surface area contributed by atoms with Crippen LogP contribution in [0.5, 0.6) is 0 Å². The number of rotatable bonds is 3. The van der Waals surface area contributed by atoms with Crippen LogP contribution in [-0.4, -0.2) is 76.5 Å². The Labute approximate surface area is 154 Å². The van der Waals surface area contributed by atoms with E-state index >= 15 is 0 Å². The first-order valence-electron chi connectivity index (χ1n) is 9.87. The van der Waals surface area contributed by atoms with E-state index in [1.54, 1.807) is 0 Å². The van der Waals surface area contributed by atoms with E-state index in [2.05, 4.69) is 29.1 Å². The van der Waals surface area contributed by atoms with Crippen molar-refractivity contribution in [2.45, 2.75) is 45.6 Å². The predicted molar refractivity (Wildman–Crippen MR) is 97.7 cm³/mol. The van der Waals surface area contributed by atoms with Gasteiger partial charge in [-0.05, 0) is 32.7 Å². The number of piperidine rings is 1. The molecule has 0 radical (unpaired) electrons. The third-order valence-electron chi connectivity index (χ3n) is 6.29. The molecule has 2 amide bonds. The fourth-order valence-corrected chi connectivity index (χ4v) is 4.82. The quantitative estimate of drug-likeness (QED) is 0.882. The number of fused-ring (bicyclic) bond motifs is 1. The first-order valence-corrected chi connectivity index (χ1v) is 9.87. The standard InChI is InChI=1S/C19H29N5O2/c1-3-8-23-9-4-6-19(18(23)26)7-11-24(13-19)17(25)16-14-12-22(2)10-5-15(14)20-21-16/h3-13H2,1-2H3,(H,20,21)/t19-/m0/s1. The molecule has 0 bridgehead atoms. The number of likely N-dealkylation sites (N-methyl/N-ethyl adjacent to an activating group) is 1. The Kier molecular flexibility index (Phi) is 4.50. The normalized spacial score (nSPS) is 26.6. The van der Waals surface area contributed by atoms with Gasteiger partial charge in [0.05, 0.1) is 5.41 Å². The summed E-state index contributed by atoms with van der Waals surface area (Å²) in [5, 5.41) is 7.39. The number of amides is 2. The minimum atomic E-state index is -0.365. The summed E-state index contributed by atoms with van der Waals surface area (Å²) in [5.74, 6) is 0.236. The second kappa shape index (κ2) is 6.68. The summed E-state index contributed by atoms with van der Waals surface area (Å²) in [7, 11) is 2.07. The van der Waals surface area contributed by atoms with E-state index in [0.29, 0.717) is 18.8 Å². The lowest BCUT2D eigenvalue weighted by Gasteiger charge is -2.39. The number of hydrogen-bond donors (Lipinski definition) is 1. The summed E-state index contributed by atoms with van der Waals surface area (Å²) in [6.45, 7) is 6.74. The summed E-state index contributed by atoms with van der Waals surface area (Å²) < 4.78 is 0. The SMILES string of the molecule is CCCN1CCC[C@@]2(CCN(C(=O)c3n[nH]c4c3CN(C)CC4)C2)C1=O. The molecule has 3 aliphatic rings. The average molecular weight is 359 g/mol. The second-order valence-electron chi connectivity index (χ2n) is 8.17. The number of likely N-dealkylation sites (tertiary alicyclic amines) is 2. The van der Waals surface area contributed by atoms with Gasteiger partial charge in [-0.25, -0.2) is 0 Å². The maximum absolute atomic E-state index is 13.1. The number of H-pyrrole nitrogens is 1. The molecule has 2 fully saturated rings. The Hall–Kier alpha value is -1.89. The lowest BCUT2D eigenvalue weighted by molar-refractivity contribution is -0.145. The zero-order valence-electron chi connectivity index (χ0n) is 15.9. The van der Waals surface area contributed by atoms with E-state index in [0.717, 1.165) is 69.5 Å². The summed E-state index contributed by atoms with van der Waals surface area (Å²) in [6.07, 6.45) is 4.61. The van der Waals surface area contributed by atoms with Gasteiger partial charge in [0.1, 0.15) is 0 Å². The van der Waals surface area contributed by atoms with Gasteiger partial charge in [-0.2, -0.15) is 5.10 Å². The third-order valence-corrected chi connectivity index (χ3v) is 6.29. The van der Waals surface area contributed by atoms with E-state index in [1.807, 2.05) is 9.80 Å². The number of hydrogen-bond acceptors (Lipinski definition) is 4. The van der Waals surface area contributed by atoms with Gasteiger partial charge in [-0.1, -0.05) is 6.92 Å². The molecule has 26 heavy (non-hydrogen) atoms. The summed E-state index contributed by atoms with van der Waals surface area (Å²) >= 11 is 0. The smallest absolute Gasteiger partial charge is 0.274 e. The first kappa shape index (κ1) is 17.5. The molecule has 0 unspecified atom stereocenters. The first-order chi connectivity index (χ1) is 12.5. The van der Waals surface area contributed by atoms with Crippen LogP contribution in [0.25, 0.3) is 0 Å². The summed E-state index contributed by atoms with van der Waals surface area (Å²) in [5.41, 5.74) is 2.31. The monoisotopic (exact) mass is 359 g/mol. The second-order valence-corrected chi connectivity index (χ2v) is 8.17. The maximum atomic E-state index is 13.1. The molecular formula is C19H29N5O2. The van der Waals surface area contributed by atoms with Crippen LogP contribution < -0.4 is 0 Å². The van der Waals surface area contributed by atoms with Crippen LogP contribution in [0, 0.1) is 5.41 Å². The van der Waals surface area contributed by atoms with Gasteiger partial charge in [0.25, 0.3) is 5.91 Å². The van der Waals surface area contributed by atoms with Gasteiger partial charge in [0, 0.05) is 56.9 Å². The molecule has 1 spiro atoms. The number of aromatic nitrogens is 2. The minimum Gasteiger partial charge on any atom is -0.342 e. The van der Waals surface area contributed by atoms with Crippen LogP contribution in [0.3, 0.4) is 0 Å². The molecule has 4 heterocycles. The van der Waals surface area contributed by atoms with Crippen molar-refractivity contribution in [1.82, 2.24) is 24.9 Å². The van der Waals surface area contributed by atoms with Crippen molar-refractivity contribution in [3.05, 3.63) is 17.0 Å². The van der Waals surface area contributed by atoms with Crippen molar-refractivity contribution >= 4 is 11.8 Å². The molecule has 0 aliphatic carbocycles. The van der Waals surface area contributed by atoms with E-state index in [9.17, 15) is 9.59 Å². The Morgan fingerprint density at radius 1 is 1.27 bits per heavy atom. The molecule has 0 aromatic carbocycles. The van der Waals surface area contributed by atoms with Crippen LogP contribution in [0.4, 0.5) is 0 Å². The molecule has 7 heteroatoms. The Morgan fingerprint density at radius 2 is 2.12 bits per heavy atom. The Morgan fingerprint density at radius 3 is 2.92 bits per heavy atom. The zero-order valence-corrected chi connectivity index (χ0v) is 15.9. The summed E-state index contributed by atoms with van der Waals surface area (Å²) in [4.78, 5) is 32.2. The van der Waals surface area contributed by atoms with Gasteiger partial charge in [0.2, 0.25) is 5.91 Å². The fraction of sp³-hybridized carbons (Fsp3) is 0.737. The molecule has 1 N–H and O–H groups in total. The van der Waals surface area contributed by atoms with Crippen LogP contribution >= 0.6 is 0 Å². The molecule has 4 rings (SSSR count). The molecule has 1 atom stereocenters. The maximum Gasteiger partial charge on any atom is 0.274 e. The van der Waals surface area contributed by atoms with Crippen molar-refractivity contribution in [1.29, 1.82) is 0 Å². The largest absolute Gasteiger partial charge is 0.342 e. The number of aromatic amines is 1. The van der Waals surface area contributed by atoms with Crippen molar-refractivity contribution in [3.63, 3.8) is 0 Å². The highest BCUT2D eigenvalue weighted by atomic mass is 16.2. The summed E-state index contributed by atoms with van der Waals surface area (Å²) in [6, 6.07) is 0. The van der Waals surface area contributed by atoms with Crippen molar-refractivity contribution in [3.8, 4) is 0 Å². The molecule has 2 saturated heterocycles. The van der Waals surface area contributed by atoms with Crippen molar-refractivity contribution in [2.24, 2.45) is 5.41 Å². The highest BCUT2D eigenvalue weighted by Crippen LogP contribution is 2.40. The van der Waals surface area contributed by atoms with E-state index in [-0.39, 0.29) is 17.2 Å². The number of nitrogens with one attached hydrogen (secondary N) is 1. The zero-order chi connectivity index (χ0) is 18.3. The van der Waals surface area contributed by atoms with E-state index in [4.69, 9.17) is 0 Å². The number of nitrogens with zero attached hydrogens (tertiary/aromatic N) is 4. The molecular weight excluding hydrogens is 330 g/mol. The molecule has 0 saturated carbocycles. The van der Waals surface area contributed by atoms with Gasteiger partial charge < -0.3 is 14.7 Å². The van der Waals surface area contributed by atoms with Crippen LogP contribution in [0.1, 0.15) is 54.4 Å². The minimum absolute atomic E-state index is 0.0184. The van der Waals surface area contributed by atoms with Crippen LogP contribution in [0.2, 0.25) is 0 Å². The van der Waals surface area contributed by atoms with Crippen molar-refractivity contribution in [2.75, 3.05) is 39.8 Å². The van der Waals surface area contributed by atoms with Gasteiger partial charge >= 0.3 is 0 Å². The molecule has 1 aromatic heterocycles. The van der Waals surface area contributed by atoms with Gasteiger partial charge in [-0.3, -0.25) is 14.7 Å². The average Bonchev–Trinajstić information content (AvgIpc) is 3.24. The van der Waals surface area contributed by atoms with E-state index < -0.39 is 0 Å². The fourth-order valence-electron chi connectivity index (χ4n) is 4.82. The highest BCUT2D eigenvalue weighted by Gasteiger charge is 2.49. The number of carbonyl (C=O) groups excluding carboxylic acids is 2.